The van der Waals surface area contributed by atoms with Crippen LogP contribution in [0.2, 0.25) is 0 Å². The van der Waals surface area contributed by atoms with Crippen LogP contribution in [0.5, 0.6) is 5.75 Å². The van der Waals surface area contributed by atoms with E-state index in [1.807, 2.05) is 37.3 Å². The monoisotopic (exact) mass is 324 g/mol. The van der Waals surface area contributed by atoms with Crippen molar-refractivity contribution in [3.63, 3.8) is 0 Å². The minimum absolute atomic E-state index is 0.193. The Hall–Kier alpha value is -2.73. The third-order valence-electron chi connectivity index (χ3n) is 3.12. The number of aryl methyl sites for hydroxylation is 1. The zero-order valence-corrected chi connectivity index (χ0v) is 13.3. The Bertz CT molecular complexity index is 821. The molecule has 2 aromatic carbocycles. The van der Waals surface area contributed by atoms with Crippen LogP contribution in [0, 0.1) is 6.92 Å². The summed E-state index contributed by atoms with van der Waals surface area (Å²) in [5, 5.41) is 13.5. The fourth-order valence-corrected chi connectivity index (χ4v) is 2.79. The summed E-state index contributed by atoms with van der Waals surface area (Å²) in [6.45, 7) is 1.97. The fraction of sp³-hybridized carbons (Fsp3) is 0.0588. The first-order valence-corrected chi connectivity index (χ1v) is 7.85. The molecule has 4 N–H and O–H groups in total. The van der Waals surface area contributed by atoms with E-state index in [4.69, 9.17) is 5.73 Å². The molecule has 23 heavy (non-hydrogen) atoms. The summed E-state index contributed by atoms with van der Waals surface area (Å²) in [5.74, 6) is 0.678. The van der Waals surface area contributed by atoms with E-state index in [0.29, 0.717) is 5.95 Å². The number of nitrogens with two attached hydrogens (primary N) is 1. The summed E-state index contributed by atoms with van der Waals surface area (Å²) in [4.78, 5) is 9.88. The SMILES string of the molecule is Cc1cnc(Nc2cccc(O)c2)nc1Sc1ccc(N)cc1. The van der Waals surface area contributed by atoms with Crippen molar-refractivity contribution >= 4 is 29.1 Å². The van der Waals surface area contributed by atoms with Gasteiger partial charge in [-0.25, -0.2) is 9.97 Å². The molecule has 0 radical (unpaired) electrons. The van der Waals surface area contributed by atoms with Crippen molar-refractivity contribution in [3.8, 4) is 5.75 Å². The lowest BCUT2D eigenvalue weighted by Gasteiger charge is -2.09. The lowest BCUT2D eigenvalue weighted by molar-refractivity contribution is 0.475. The molecule has 6 heteroatoms. The Kier molecular flexibility index (Phi) is 4.34. The molecule has 5 nitrogen and oxygen atoms in total. The van der Waals surface area contributed by atoms with Crippen LogP contribution in [-0.4, -0.2) is 15.1 Å². The van der Waals surface area contributed by atoms with E-state index >= 15 is 0 Å². The summed E-state index contributed by atoms with van der Waals surface area (Å²) in [6, 6.07) is 14.5. The zero-order valence-electron chi connectivity index (χ0n) is 12.5. The number of nitrogens with zero attached hydrogens (tertiary/aromatic N) is 2. The number of anilines is 3. The predicted octanol–water partition coefficient (Wildman–Crippen LogP) is 3.97. The maximum Gasteiger partial charge on any atom is 0.228 e. The highest BCUT2D eigenvalue weighted by atomic mass is 32.2. The van der Waals surface area contributed by atoms with Gasteiger partial charge in [0.1, 0.15) is 10.8 Å². The maximum absolute atomic E-state index is 9.51. The van der Waals surface area contributed by atoms with Gasteiger partial charge in [-0.1, -0.05) is 17.8 Å². The minimum Gasteiger partial charge on any atom is -0.508 e. The molecular formula is C17H16N4OS. The molecule has 0 saturated heterocycles. The van der Waals surface area contributed by atoms with E-state index in [1.54, 1.807) is 36.2 Å². The predicted molar refractivity (Wildman–Crippen MR) is 93.1 cm³/mol. The van der Waals surface area contributed by atoms with Crippen molar-refractivity contribution in [3.05, 3.63) is 60.3 Å². The van der Waals surface area contributed by atoms with E-state index in [2.05, 4.69) is 15.3 Å². The molecule has 0 bridgehead atoms. The van der Waals surface area contributed by atoms with Crippen LogP contribution in [-0.2, 0) is 0 Å². The molecule has 0 aliphatic rings. The maximum atomic E-state index is 9.51. The molecule has 1 aromatic heterocycles. The van der Waals surface area contributed by atoms with Crippen molar-refractivity contribution < 1.29 is 5.11 Å². The molecular weight excluding hydrogens is 308 g/mol. The number of benzene rings is 2. The van der Waals surface area contributed by atoms with Crippen LogP contribution in [0.15, 0.2) is 64.6 Å². The highest BCUT2D eigenvalue weighted by Gasteiger charge is 2.07. The van der Waals surface area contributed by atoms with Crippen molar-refractivity contribution in [1.82, 2.24) is 9.97 Å². The zero-order chi connectivity index (χ0) is 16.2. The molecule has 0 saturated carbocycles. The van der Waals surface area contributed by atoms with Gasteiger partial charge in [-0.15, -0.1) is 0 Å². The number of rotatable bonds is 4. The van der Waals surface area contributed by atoms with Gasteiger partial charge < -0.3 is 16.2 Å². The fourth-order valence-electron chi connectivity index (χ4n) is 1.95. The third kappa shape index (κ3) is 3.92. The summed E-state index contributed by atoms with van der Waals surface area (Å²) in [5.41, 5.74) is 8.17. The van der Waals surface area contributed by atoms with Gasteiger partial charge in [0.15, 0.2) is 0 Å². The molecule has 0 spiro atoms. The van der Waals surface area contributed by atoms with Crippen LogP contribution in [0.25, 0.3) is 0 Å². The Morgan fingerprint density at radius 1 is 1.13 bits per heavy atom. The number of nitrogen functional groups attached to an aromatic ring is 1. The highest BCUT2D eigenvalue weighted by Crippen LogP contribution is 2.30. The van der Waals surface area contributed by atoms with E-state index in [9.17, 15) is 5.11 Å². The molecule has 3 aromatic rings. The smallest absolute Gasteiger partial charge is 0.228 e. The van der Waals surface area contributed by atoms with Crippen LogP contribution in [0.3, 0.4) is 0 Å². The average Bonchev–Trinajstić information content (AvgIpc) is 2.53. The lowest BCUT2D eigenvalue weighted by atomic mass is 10.3. The second-order valence-electron chi connectivity index (χ2n) is 5.03. The second-order valence-corrected chi connectivity index (χ2v) is 6.09. The van der Waals surface area contributed by atoms with E-state index < -0.39 is 0 Å². The van der Waals surface area contributed by atoms with Crippen molar-refractivity contribution in [2.75, 3.05) is 11.1 Å². The van der Waals surface area contributed by atoms with Crippen molar-refractivity contribution in [1.29, 1.82) is 0 Å². The standard InChI is InChI=1S/C17H16N4OS/c1-11-10-19-17(20-13-3-2-4-14(22)9-13)21-16(11)23-15-7-5-12(18)6-8-15/h2-10,22H,18H2,1H3,(H,19,20,21). The highest BCUT2D eigenvalue weighted by molar-refractivity contribution is 7.99. The largest absolute Gasteiger partial charge is 0.508 e. The molecule has 0 aliphatic carbocycles. The van der Waals surface area contributed by atoms with Crippen molar-refractivity contribution in [2.45, 2.75) is 16.8 Å². The van der Waals surface area contributed by atoms with Crippen LogP contribution < -0.4 is 11.1 Å². The lowest BCUT2D eigenvalue weighted by Crippen LogP contribution is -1.99. The van der Waals surface area contributed by atoms with Gasteiger partial charge in [0, 0.05) is 34.1 Å². The number of phenols is 1. The van der Waals surface area contributed by atoms with Crippen LogP contribution in [0.4, 0.5) is 17.3 Å². The van der Waals surface area contributed by atoms with Gasteiger partial charge in [-0.3, -0.25) is 0 Å². The number of aromatic nitrogens is 2. The number of aromatic hydroxyl groups is 1. The Morgan fingerprint density at radius 3 is 2.65 bits per heavy atom. The number of hydrogen-bond acceptors (Lipinski definition) is 6. The van der Waals surface area contributed by atoms with Gasteiger partial charge in [-0.05, 0) is 43.3 Å². The first-order valence-electron chi connectivity index (χ1n) is 7.03. The molecule has 0 unspecified atom stereocenters. The number of nitrogens with one attached hydrogen (secondary N) is 1. The normalized spacial score (nSPS) is 10.5. The first kappa shape index (κ1) is 15.2. The molecule has 0 atom stereocenters. The second kappa shape index (κ2) is 6.58. The summed E-state index contributed by atoms with van der Waals surface area (Å²) >= 11 is 1.55. The Balaban J connectivity index is 1.82. The minimum atomic E-state index is 0.193. The quantitative estimate of drug-likeness (QED) is 0.497. The van der Waals surface area contributed by atoms with E-state index in [1.165, 1.54) is 0 Å². The van der Waals surface area contributed by atoms with Crippen LogP contribution >= 0.6 is 11.8 Å². The average molecular weight is 324 g/mol. The van der Waals surface area contributed by atoms with Crippen LogP contribution in [0.1, 0.15) is 5.56 Å². The molecule has 116 valence electrons. The summed E-state index contributed by atoms with van der Waals surface area (Å²) < 4.78 is 0. The topological polar surface area (TPSA) is 84.1 Å². The van der Waals surface area contributed by atoms with Gasteiger partial charge in [0.2, 0.25) is 5.95 Å². The van der Waals surface area contributed by atoms with E-state index in [-0.39, 0.29) is 5.75 Å². The Morgan fingerprint density at radius 2 is 1.91 bits per heavy atom. The first-order chi connectivity index (χ1) is 11.1. The molecule has 0 aliphatic heterocycles. The van der Waals surface area contributed by atoms with Crippen molar-refractivity contribution in [2.24, 2.45) is 0 Å². The van der Waals surface area contributed by atoms with Gasteiger partial charge in [0.05, 0.1) is 0 Å². The molecule has 0 amide bonds. The summed E-state index contributed by atoms with van der Waals surface area (Å²) in [7, 11) is 0. The Labute approximate surface area is 138 Å². The molecule has 3 rings (SSSR count). The third-order valence-corrected chi connectivity index (χ3v) is 4.24. The van der Waals surface area contributed by atoms with E-state index in [0.717, 1.165) is 26.9 Å². The molecule has 0 fully saturated rings. The van der Waals surface area contributed by atoms with Gasteiger partial charge in [0.25, 0.3) is 0 Å². The van der Waals surface area contributed by atoms with Gasteiger partial charge in [-0.2, -0.15) is 0 Å². The summed E-state index contributed by atoms with van der Waals surface area (Å²) in [6.07, 6.45) is 1.78. The molecule has 1 heterocycles. The van der Waals surface area contributed by atoms with Gasteiger partial charge >= 0.3 is 0 Å². The number of hydrogen-bond donors (Lipinski definition) is 3. The number of phenolic OH excluding ortho intramolecular Hbond substituents is 1.